The van der Waals surface area contributed by atoms with Crippen molar-refractivity contribution >= 4 is 15.5 Å². The average molecular weight is 410 g/mol. The van der Waals surface area contributed by atoms with Gasteiger partial charge in [0.1, 0.15) is 0 Å². The lowest BCUT2D eigenvalue weighted by atomic mass is 9.91. The van der Waals surface area contributed by atoms with Crippen LogP contribution in [0.25, 0.3) is 0 Å². The third kappa shape index (κ3) is 3.28. The van der Waals surface area contributed by atoms with E-state index in [0.29, 0.717) is 0 Å². The lowest BCUT2D eigenvalue weighted by Crippen LogP contribution is -2.22. The van der Waals surface area contributed by atoms with Crippen LogP contribution in [0, 0.1) is 0 Å². The number of hydrogen-bond donors (Lipinski definition) is 1. The van der Waals surface area contributed by atoms with Crippen molar-refractivity contribution in [1.29, 1.82) is 0 Å². The first-order chi connectivity index (χ1) is 13.2. The number of halogens is 3. The summed E-state index contributed by atoms with van der Waals surface area (Å²) in [5, 5.41) is 3.45. The van der Waals surface area contributed by atoms with E-state index in [4.69, 9.17) is 0 Å². The van der Waals surface area contributed by atoms with Crippen LogP contribution in [0.5, 0.6) is 0 Å². The van der Waals surface area contributed by atoms with Gasteiger partial charge in [0.15, 0.2) is 0 Å². The number of anilines is 1. The number of sulfone groups is 1. The van der Waals surface area contributed by atoms with Crippen LogP contribution >= 0.6 is 0 Å². The van der Waals surface area contributed by atoms with Crippen LogP contribution in [-0.2, 0) is 16.0 Å². The molecular formula is C20H21F3N2O2S. The molecule has 150 valence electrons. The second-order valence-corrected chi connectivity index (χ2v) is 9.40. The fourth-order valence-corrected chi connectivity index (χ4v) is 5.70. The highest BCUT2D eigenvalue weighted by Crippen LogP contribution is 2.43. The van der Waals surface area contributed by atoms with Crippen molar-refractivity contribution in [3.63, 3.8) is 0 Å². The maximum absolute atomic E-state index is 13.3. The maximum Gasteiger partial charge on any atom is 0.417 e. The number of nitrogens with one attached hydrogen (secondary N) is 1. The average Bonchev–Trinajstić information content (AvgIpc) is 2.90. The zero-order valence-electron chi connectivity index (χ0n) is 15.3. The molecule has 8 heteroatoms. The van der Waals surface area contributed by atoms with Gasteiger partial charge in [0.2, 0.25) is 9.84 Å². The molecule has 0 radical (unpaired) electrons. The molecule has 0 aromatic heterocycles. The molecule has 0 unspecified atom stereocenters. The Morgan fingerprint density at radius 3 is 2.54 bits per heavy atom. The molecule has 0 spiro atoms. The van der Waals surface area contributed by atoms with Crippen LogP contribution in [0.2, 0.25) is 0 Å². The molecule has 4 rings (SSSR count). The molecule has 0 amide bonds. The monoisotopic (exact) mass is 410 g/mol. The van der Waals surface area contributed by atoms with Crippen molar-refractivity contribution in [2.45, 2.75) is 40.8 Å². The Morgan fingerprint density at radius 2 is 1.79 bits per heavy atom. The van der Waals surface area contributed by atoms with E-state index in [2.05, 4.69) is 17.3 Å². The zero-order chi connectivity index (χ0) is 20.1. The van der Waals surface area contributed by atoms with Gasteiger partial charge in [-0.25, -0.2) is 8.42 Å². The Hall–Kier alpha value is -2.06. The van der Waals surface area contributed by atoms with E-state index in [1.54, 1.807) is 12.1 Å². The van der Waals surface area contributed by atoms with Crippen molar-refractivity contribution in [2.75, 3.05) is 25.5 Å². The van der Waals surface area contributed by atoms with Gasteiger partial charge in [0, 0.05) is 17.6 Å². The number of likely N-dealkylation sites (tertiary alicyclic amines) is 1. The van der Waals surface area contributed by atoms with E-state index in [1.165, 1.54) is 18.2 Å². The van der Waals surface area contributed by atoms with Crippen LogP contribution in [0.1, 0.15) is 29.9 Å². The molecule has 1 N–H and O–H groups in total. The van der Waals surface area contributed by atoms with E-state index in [1.807, 2.05) is 0 Å². The number of rotatable bonds is 2. The van der Waals surface area contributed by atoms with Crippen LogP contribution in [0.3, 0.4) is 0 Å². The van der Waals surface area contributed by atoms with Gasteiger partial charge < -0.3 is 10.2 Å². The van der Waals surface area contributed by atoms with Gasteiger partial charge in [-0.3, -0.25) is 0 Å². The van der Waals surface area contributed by atoms with E-state index in [0.717, 1.165) is 49.3 Å². The van der Waals surface area contributed by atoms with Gasteiger partial charge in [-0.2, -0.15) is 13.2 Å². The topological polar surface area (TPSA) is 49.4 Å². The van der Waals surface area contributed by atoms with Gasteiger partial charge in [-0.1, -0.05) is 12.1 Å². The smallest absolute Gasteiger partial charge is 0.381 e. The summed E-state index contributed by atoms with van der Waals surface area (Å²) in [4.78, 5) is 1.44. The van der Waals surface area contributed by atoms with Gasteiger partial charge in [-0.15, -0.1) is 0 Å². The summed E-state index contributed by atoms with van der Waals surface area (Å²) < 4.78 is 66.1. The first-order valence-corrected chi connectivity index (χ1v) is 10.7. The molecule has 0 saturated carbocycles. The molecule has 2 heterocycles. The molecule has 2 atom stereocenters. The molecule has 2 aliphatic rings. The van der Waals surface area contributed by atoms with Gasteiger partial charge in [0.05, 0.1) is 15.4 Å². The summed E-state index contributed by atoms with van der Waals surface area (Å²) in [6, 6.07) is 9.19. The lowest BCUT2D eigenvalue weighted by Gasteiger charge is -2.16. The first-order valence-electron chi connectivity index (χ1n) is 9.18. The minimum atomic E-state index is -4.74. The fraction of sp³-hybridized carbons (Fsp3) is 0.400. The maximum atomic E-state index is 13.3. The standard InChI is InChI=1S/C20H21F3N2O2S/c1-25-10-8-14-15-12-13(6-7-17(15)24-18(14)9-11-25)28(26,27)19-5-3-2-4-16(19)20(21,22)23/h2-7,12,14,18,24H,8-11H2,1H3/t14-,18+/m0/s1. The van der Waals surface area contributed by atoms with Gasteiger partial charge in [-0.05, 0) is 68.9 Å². The lowest BCUT2D eigenvalue weighted by molar-refractivity contribution is -0.139. The predicted octanol–water partition coefficient (Wildman–Crippen LogP) is 4.14. The molecule has 0 aliphatic carbocycles. The summed E-state index contributed by atoms with van der Waals surface area (Å²) in [6.07, 6.45) is -2.92. The minimum absolute atomic E-state index is 0.0944. The van der Waals surface area contributed by atoms with Crippen molar-refractivity contribution in [3.8, 4) is 0 Å². The molecule has 28 heavy (non-hydrogen) atoms. The molecule has 1 saturated heterocycles. The van der Waals surface area contributed by atoms with Crippen molar-refractivity contribution in [3.05, 3.63) is 53.6 Å². The minimum Gasteiger partial charge on any atom is -0.381 e. The summed E-state index contributed by atoms with van der Waals surface area (Å²) in [6.45, 7) is 1.85. The SMILES string of the molecule is CN1CC[C@H]2Nc3ccc(S(=O)(=O)c4ccccc4C(F)(F)F)cc3[C@@H]2CC1. The summed E-state index contributed by atoms with van der Waals surface area (Å²) in [5.74, 6) is 0.160. The van der Waals surface area contributed by atoms with E-state index in [9.17, 15) is 21.6 Å². The Kier molecular flexibility index (Phi) is 4.66. The second kappa shape index (κ2) is 6.77. The number of fused-ring (bicyclic) bond motifs is 3. The number of alkyl halides is 3. The quantitative estimate of drug-likeness (QED) is 0.809. The Labute approximate surface area is 162 Å². The normalized spacial score (nSPS) is 22.9. The Morgan fingerprint density at radius 1 is 1.07 bits per heavy atom. The summed E-state index contributed by atoms with van der Waals surface area (Å²) >= 11 is 0. The van der Waals surface area contributed by atoms with Crippen LogP contribution in [-0.4, -0.2) is 39.5 Å². The predicted molar refractivity (Wildman–Crippen MR) is 100 cm³/mol. The summed E-state index contributed by atoms with van der Waals surface area (Å²) in [5.41, 5.74) is 0.621. The van der Waals surface area contributed by atoms with Gasteiger partial charge in [0.25, 0.3) is 0 Å². The molecule has 1 fully saturated rings. The zero-order valence-corrected chi connectivity index (χ0v) is 16.1. The van der Waals surface area contributed by atoms with Crippen LogP contribution < -0.4 is 5.32 Å². The fourth-order valence-electron chi connectivity index (χ4n) is 4.19. The third-order valence-electron chi connectivity index (χ3n) is 5.69. The highest BCUT2D eigenvalue weighted by Gasteiger charge is 2.39. The molecule has 2 aliphatic heterocycles. The van der Waals surface area contributed by atoms with E-state index in [-0.39, 0.29) is 16.9 Å². The number of benzene rings is 2. The highest BCUT2D eigenvalue weighted by atomic mass is 32.2. The number of nitrogens with zero attached hydrogens (tertiary/aromatic N) is 1. The van der Waals surface area contributed by atoms with Crippen molar-refractivity contribution < 1.29 is 21.6 Å². The second-order valence-electron chi connectivity index (χ2n) is 7.48. The van der Waals surface area contributed by atoms with Gasteiger partial charge >= 0.3 is 6.18 Å². The van der Waals surface area contributed by atoms with Crippen molar-refractivity contribution in [1.82, 2.24) is 4.90 Å². The Bertz CT molecular complexity index is 1000. The summed E-state index contributed by atoms with van der Waals surface area (Å²) in [7, 11) is -2.24. The van der Waals surface area contributed by atoms with Crippen LogP contribution in [0.15, 0.2) is 52.3 Å². The molecular weight excluding hydrogens is 389 g/mol. The first kappa shape index (κ1) is 19.3. The molecule has 0 bridgehead atoms. The highest BCUT2D eigenvalue weighted by molar-refractivity contribution is 7.91. The largest absolute Gasteiger partial charge is 0.417 e. The number of hydrogen-bond acceptors (Lipinski definition) is 4. The van der Waals surface area contributed by atoms with Crippen LogP contribution in [0.4, 0.5) is 18.9 Å². The van der Waals surface area contributed by atoms with Crippen molar-refractivity contribution in [2.24, 2.45) is 0 Å². The Balaban J connectivity index is 1.76. The third-order valence-corrected chi connectivity index (χ3v) is 7.49. The van der Waals surface area contributed by atoms with E-state index >= 15 is 0 Å². The molecule has 2 aromatic rings. The molecule has 4 nitrogen and oxygen atoms in total. The van der Waals surface area contributed by atoms with E-state index < -0.39 is 26.5 Å². The molecule has 2 aromatic carbocycles.